The van der Waals surface area contributed by atoms with Crippen molar-refractivity contribution in [2.75, 3.05) is 13.2 Å². The van der Waals surface area contributed by atoms with Crippen molar-refractivity contribution in [3.63, 3.8) is 0 Å². The van der Waals surface area contributed by atoms with Gasteiger partial charge in [-0.1, -0.05) is 17.4 Å². The quantitative estimate of drug-likeness (QED) is 0.500. The van der Waals surface area contributed by atoms with E-state index in [9.17, 15) is 4.79 Å². The molecule has 7 nitrogen and oxygen atoms in total. The predicted molar refractivity (Wildman–Crippen MR) is 108 cm³/mol. The molecule has 0 saturated heterocycles. The zero-order valence-corrected chi connectivity index (χ0v) is 16.3. The number of hydrogen-bond donors (Lipinski definition) is 0. The molecule has 0 unspecified atom stereocenters. The van der Waals surface area contributed by atoms with Crippen molar-refractivity contribution < 1.29 is 9.47 Å². The van der Waals surface area contributed by atoms with Crippen LogP contribution in [0.4, 0.5) is 0 Å². The SMILES string of the molecule is CCOc1ccc(C=c2sc3nc(-c4cccnc4)nn3c2=O)cc1OCC. The van der Waals surface area contributed by atoms with Crippen LogP contribution in [0.5, 0.6) is 11.5 Å². The maximum absolute atomic E-state index is 12.7. The van der Waals surface area contributed by atoms with Crippen molar-refractivity contribution >= 4 is 22.4 Å². The number of aromatic nitrogens is 4. The van der Waals surface area contributed by atoms with Gasteiger partial charge in [0.2, 0.25) is 4.96 Å². The first-order valence-corrected chi connectivity index (χ1v) is 9.72. The number of fused-ring (bicyclic) bond motifs is 1. The minimum Gasteiger partial charge on any atom is -0.490 e. The highest BCUT2D eigenvalue weighted by Crippen LogP contribution is 2.28. The third kappa shape index (κ3) is 3.46. The average molecular weight is 394 g/mol. The van der Waals surface area contributed by atoms with Crippen molar-refractivity contribution in [2.24, 2.45) is 0 Å². The molecule has 0 radical (unpaired) electrons. The second-order valence-electron chi connectivity index (χ2n) is 5.86. The molecule has 0 aliphatic rings. The van der Waals surface area contributed by atoms with Crippen molar-refractivity contribution in [1.29, 1.82) is 0 Å². The topological polar surface area (TPSA) is 78.6 Å². The maximum atomic E-state index is 12.7. The zero-order chi connectivity index (χ0) is 19.5. The molecule has 0 N–H and O–H groups in total. The lowest BCUT2D eigenvalue weighted by Gasteiger charge is -2.11. The van der Waals surface area contributed by atoms with Gasteiger partial charge in [-0.05, 0) is 49.8 Å². The number of hydrogen-bond acceptors (Lipinski definition) is 7. The van der Waals surface area contributed by atoms with E-state index in [2.05, 4.69) is 15.1 Å². The summed E-state index contributed by atoms with van der Waals surface area (Å²) in [7, 11) is 0. The van der Waals surface area contributed by atoms with Crippen molar-refractivity contribution in [3.05, 3.63) is 63.2 Å². The van der Waals surface area contributed by atoms with Crippen LogP contribution in [-0.4, -0.2) is 32.8 Å². The third-order valence-electron chi connectivity index (χ3n) is 3.97. The fourth-order valence-corrected chi connectivity index (χ4v) is 3.67. The number of nitrogens with zero attached hydrogens (tertiary/aromatic N) is 4. The molecule has 4 rings (SSSR count). The van der Waals surface area contributed by atoms with Crippen molar-refractivity contribution in [1.82, 2.24) is 19.6 Å². The van der Waals surface area contributed by atoms with E-state index in [4.69, 9.17) is 9.47 Å². The Kier molecular flexibility index (Phi) is 5.03. The number of pyridine rings is 1. The normalized spacial score (nSPS) is 11.9. The van der Waals surface area contributed by atoms with Crippen LogP contribution in [0, 0.1) is 0 Å². The molecule has 0 atom stereocenters. The minimum atomic E-state index is -0.200. The van der Waals surface area contributed by atoms with Gasteiger partial charge in [-0.3, -0.25) is 9.78 Å². The molecule has 0 fully saturated rings. The molecule has 3 aromatic heterocycles. The number of rotatable bonds is 6. The van der Waals surface area contributed by atoms with Gasteiger partial charge in [-0.2, -0.15) is 9.50 Å². The summed E-state index contributed by atoms with van der Waals surface area (Å²) in [6.45, 7) is 4.93. The fourth-order valence-electron chi connectivity index (χ4n) is 2.76. The van der Waals surface area contributed by atoms with Crippen LogP contribution in [0.3, 0.4) is 0 Å². The van der Waals surface area contributed by atoms with E-state index < -0.39 is 0 Å². The monoisotopic (exact) mass is 394 g/mol. The summed E-state index contributed by atoms with van der Waals surface area (Å²) in [4.78, 5) is 21.8. The highest BCUT2D eigenvalue weighted by molar-refractivity contribution is 7.15. The van der Waals surface area contributed by atoms with Crippen LogP contribution in [0.1, 0.15) is 19.4 Å². The molecule has 0 aliphatic heterocycles. The first-order chi connectivity index (χ1) is 13.7. The third-order valence-corrected chi connectivity index (χ3v) is 4.93. The molecular formula is C20H18N4O3S. The van der Waals surface area contributed by atoms with Crippen LogP contribution < -0.4 is 19.6 Å². The highest BCUT2D eigenvalue weighted by Gasteiger charge is 2.12. The Bertz CT molecular complexity index is 1220. The predicted octanol–water partition coefficient (Wildman–Crippen LogP) is 2.56. The Labute approximate surface area is 164 Å². The molecule has 4 aromatic rings. The summed E-state index contributed by atoms with van der Waals surface area (Å²) in [6, 6.07) is 9.28. The fraction of sp³-hybridized carbons (Fsp3) is 0.200. The van der Waals surface area contributed by atoms with Crippen LogP contribution >= 0.6 is 11.3 Å². The molecule has 8 heteroatoms. The Balaban J connectivity index is 1.74. The standard InChI is InChI=1S/C20H18N4O3S/c1-3-26-15-8-7-13(10-16(15)27-4-2)11-17-19(25)24-20(28-17)22-18(23-24)14-6-5-9-21-12-14/h5-12H,3-4H2,1-2H3. The van der Waals surface area contributed by atoms with Gasteiger partial charge in [0.25, 0.3) is 5.56 Å². The first kappa shape index (κ1) is 18.1. The molecule has 0 spiro atoms. The minimum absolute atomic E-state index is 0.200. The summed E-state index contributed by atoms with van der Waals surface area (Å²) in [5, 5.41) is 4.33. The Morgan fingerprint density at radius 1 is 1.14 bits per heavy atom. The van der Waals surface area contributed by atoms with E-state index in [-0.39, 0.29) is 5.56 Å². The summed E-state index contributed by atoms with van der Waals surface area (Å²) in [5.74, 6) is 1.83. The van der Waals surface area contributed by atoms with Gasteiger partial charge < -0.3 is 9.47 Å². The number of thiazole rings is 1. The van der Waals surface area contributed by atoms with E-state index in [0.29, 0.717) is 40.0 Å². The lowest BCUT2D eigenvalue weighted by atomic mass is 10.2. The lowest BCUT2D eigenvalue weighted by Crippen LogP contribution is -2.23. The van der Waals surface area contributed by atoms with Gasteiger partial charge in [-0.25, -0.2) is 0 Å². The van der Waals surface area contributed by atoms with Gasteiger partial charge in [0, 0.05) is 18.0 Å². The van der Waals surface area contributed by atoms with Crippen LogP contribution in [-0.2, 0) is 0 Å². The molecule has 142 valence electrons. The van der Waals surface area contributed by atoms with E-state index in [1.165, 1.54) is 15.9 Å². The molecule has 3 heterocycles. The van der Waals surface area contributed by atoms with E-state index >= 15 is 0 Å². The van der Waals surface area contributed by atoms with E-state index in [0.717, 1.165) is 11.1 Å². The molecule has 0 saturated carbocycles. The lowest BCUT2D eigenvalue weighted by molar-refractivity contribution is 0.287. The summed E-state index contributed by atoms with van der Waals surface area (Å²) in [6.07, 6.45) is 5.17. The summed E-state index contributed by atoms with van der Waals surface area (Å²) >= 11 is 1.30. The second kappa shape index (κ2) is 7.77. The Hall–Kier alpha value is -3.26. The molecule has 0 amide bonds. The highest BCUT2D eigenvalue weighted by atomic mass is 32.1. The number of benzene rings is 1. The average Bonchev–Trinajstić information content (AvgIpc) is 3.25. The Morgan fingerprint density at radius 3 is 2.68 bits per heavy atom. The van der Waals surface area contributed by atoms with E-state index in [1.54, 1.807) is 12.4 Å². The summed E-state index contributed by atoms with van der Waals surface area (Å²) < 4.78 is 13.1. The number of ether oxygens (including phenoxy) is 2. The van der Waals surface area contributed by atoms with E-state index in [1.807, 2.05) is 50.3 Å². The van der Waals surface area contributed by atoms with Crippen molar-refractivity contribution in [3.8, 4) is 22.9 Å². The van der Waals surface area contributed by atoms with Crippen LogP contribution in [0.25, 0.3) is 22.4 Å². The second-order valence-corrected chi connectivity index (χ2v) is 6.87. The van der Waals surface area contributed by atoms with Crippen molar-refractivity contribution in [2.45, 2.75) is 13.8 Å². The van der Waals surface area contributed by atoms with Gasteiger partial charge in [0.15, 0.2) is 17.3 Å². The van der Waals surface area contributed by atoms with Crippen LogP contribution in [0.2, 0.25) is 0 Å². The largest absolute Gasteiger partial charge is 0.490 e. The zero-order valence-electron chi connectivity index (χ0n) is 15.5. The molecule has 0 aliphatic carbocycles. The Morgan fingerprint density at radius 2 is 1.96 bits per heavy atom. The molecule has 0 bridgehead atoms. The maximum Gasteiger partial charge on any atom is 0.291 e. The van der Waals surface area contributed by atoms with Gasteiger partial charge in [0.05, 0.1) is 17.7 Å². The molecular weight excluding hydrogens is 376 g/mol. The molecule has 28 heavy (non-hydrogen) atoms. The van der Waals surface area contributed by atoms with Gasteiger partial charge in [0.1, 0.15) is 0 Å². The van der Waals surface area contributed by atoms with Gasteiger partial charge >= 0.3 is 0 Å². The van der Waals surface area contributed by atoms with Gasteiger partial charge in [-0.15, -0.1) is 5.10 Å². The first-order valence-electron chi connectivity index (χ1n) is 8.91. The summed E-state index contributed by atoms with van der Waals surface area (Å²) in [5.41, 5.74) is 1.42. The smallest absolute Gasteiger partial charge is 0.291 e. The van der Waals surface area contributed by atoms with Crippen LogP contribution in [0.15, 0.2) is 47.5 Å². The molecule has 1 aromatic carbocycles.